The second-order valence-electron chi connectivity index (χ2n) is 3.58. The lowest BCUT2D eigenvalue weighted by molar-refractivity contribution is 0.628. The van der Waals surface area contributed by atoms with Crippen LogP contribution in [0.15, 0.2) is 24.3 Å². The van der Waals surface area contributed by atoms with Crippen molar-refractivity contribution in [1.82, 2.24) is 9.55 Å². The molecule has 1 aromatic heterocycles. The number of aromatic nitrogens is 2. The van der Waals surface area contributed by atoms with Crippen LogP contribution in [0, 0.1) is 17.1 Å². The monoisotopic (exact) mass is 249 g/mol. The molecule has 17 heavy (non-hydrogen) atoms. The Morgan fingerprint density at radius 1 is 1.53 bits per heavy atom. The predicted molar refractivity (Wildman–Crippen MR) is 62.9 cm³/mol. The summed E-state index contributed by atoms with van der Waals surface area (Å²) in [7, 11) is 1.76. The van der Waals surface area contributed by atoms with E-state index in [0.29, 0.717) is 17.1 Å². The first-order valence-electron chi connectivity index (χ1n) is 4.97. The van der Waals surface area contributed by atoms with E-state index in [0.717, 1.165) is 0 Å². The fourth-order valence-corrected chi connectivity index (χ4v) is 1.92. The molecule has 3 nitrogen and oxygen atoms in total. The van der Waals surface area contributed by atoms with Crippen molar-refractivity contribution in [2.45, 2.75) is 6.42 Å². The number of hydrogen-bond donors (Lipinski definition) is 0. The van der Waals surface area contributed by atoms with Crippen LogP contribution in [0.1, 0.15) is 5.69 Å². The molecular formula is C12H9ClFN3. The van der Waals surface area contributed by atoms with Gasteiger partial charge in [-0.05, 0) is 12.1 Å². The lowest BCUT2D eigenvalue weighted by Gasteiger charge is -2.03. The maximum absolute atomic E-state index is 13.1. The summed E-state index contributed by atoms with van der Waals surface area (Å²) in [5, 5.41) is 8.97. The van der Waals surface area contributed by atoms with Crippen molar-refractivity contribution >= 4 is 11.6 Å². The topological polar surface area (TPSA) is 41.6 Å². The van der Waals surface area contributed by atoms with E-state index in [1.54, 1.807) is 23.7 Å². The summed E-state index contributed by atoms with van der Waals surface area (Å²) < 4.78 is 14.8. The molecule has 1 heterocycles. The molecule has 0 bridgehead atoms. The summed E-state index contributed by atoms with van der Waals surface area (Å²) in [5.74, 6) is 0.225. The third kappa shape index (κ3) is 2.15. The van der Waals surface area contributed by atoms with Gasteiger partial charge in [-0.1, -0.05) is 23.7 Å². The molecule has 86 valence electrons. The molecule has 0 aliphatic heterocycles. The van der Waals surface area contributed by atoms with Gasteiger partial charge in [0.05, 0.1) is 18.2 Å². The average Bonchev–Trinajstić information content (AvgIpc) is 2.57. The Morgan fingerprint density at radius 3 is 2.94 bits per heavy atom. The molecule has 2 rings (SSSR count). The van der Waals surface area contributed by atoms with Gasteiger partial charge >= 0.3 is 0 Å². The van der Waals surface area contributed by atoms with Gasteiger partial charge in [0.1, 0.15) is 11.6 Å². The SMILES string of the molecule is Cn1c(-c2cccc(F)c2)nc(Cl)c1CC#N. The van der Waals surface area contributed by atoms with E-state index in [1.165, 1.54) is 12.1 Å². The van der Waals surface area contributed by atoms with Crippen LogP contribution in [-0.2, 0) is 13.5 Å². The van der Waals surface area contributed by atoms with Crippen molar-refractivity contribution in [3.05, 3.63) is 40.9 Å². The molecule has 0 saturated heterocycles. The molecular weight excluding hydrogens is 241 g/mol. The first kappa shape index (κ1) is 11.6. The number of benzene rings is 1. The quantitative estimate of drug-likeness (QED) is 0.821. The minimum atomic E-state index is -0.330. The van der Waals surface area contributed by atoms with Crippen LogP contribution in [0.4, 0.5) is 4.39 Å². The lowest BCUT2D eigenvalue weighted by atomic mass is 10.2. The van der Waals surface area contributed by atoms with Gasteiger partial charge in [-0.15, -0.1) is 0 Å². The van der Waals surface area contributed by atoms with Crippen molar-refractivity contribution < 1.29 is 4.39 Å². The number of nitrogens with zero attached hydrogens (tertiary/aromatic N) is 3. The number of halogens is 2. The van der Waals surface area contributed by atoms with Crippen molar-refractivity contribution in [3.63, 3.8) is 0 Å². The van der Waals surface area contributed by atoms with Gasteiger partial charge in [-0.2, -0.15) is 5.26 Å². The highest BCUT2D eigenvalue weighted by molar-refractivity contribution is 6.30. The largest absolute Gasteiger partial charge is 0.329 e. The molecule has 0 atom stereocenters. The molecule has 0 amide bonds. The van der Waals surface area contributed by atoms with E-state index in [2.05, 4.69) is 4.98 Å². The van der Waals surface area contributed by atoms with Gasteiger partial charge in [0, 0.05) is 12.6 Å². The van der Waals surface area contributed by atoms with E-state index in [4.69, 9.17) is 16.9 Å². The molecule has 0 saturated carbocycles. The summed E-state index contributed by atoms with van der Waals surface area (Å²) >= 11 is 5.94. The minimum absolute atomic E-state index is 0.178. The zero-order valence-corrected chi connectivity index (χ0v) is 9.87. The van der Waals surface area contributed by atoms with Crippen molar-refractivity contribution in [1.29, 1.82) is 5.26 Å². The van der Waals surface area contributed by atoms with Crippen LogP contribution in [0.25, 0.3) is 11.4 Å². The number of hydrogen-bond acceptors (Lipinski definition) is 2. The first-order valence-corrected chi connectivity index (χ1v) is 5.35. The molecule has 1 aromatic carbocycles. The first-order chi connectivity index (χ1) is 8.13. The van der Waals surface area contributed by atoms with E-state index in [9.17, 15) is 4.39 Å². The van der Waals surface area contributed by atoms with Gasteiger partial charge in [0.25, 0.3) is 0 Å². The van der Waals surface area contributed by atoms with Crippen LogP contribution >= 0.6 is 11.6 Å². The summed E-state index contributed by atoms with van der Waals surface area (Å²) in [6, 6.07) is 8.13. The molecule has 0 aliphatic carbocycles. The Morgan fingerprint density at radius 2 is 2.29 bits per heavy atom. The number of rotatable bonds is 2. The second kappa shape index (κ2) is 4.56. The summed E-state index contributed by atoms with van der Waals surface area (Å²) in [6.07, 6.45) is 0.178. The highest BCUT2D eigenvalue weighted by atomic mass is 35.5. The van der Waals surface area contributed by atoms with Crippen LogP contribution in [0.2, 0.25) is 5.15 Å². The average molecular weight is 250 g/mol. The smallest absolute Gasteiger partial charge is 0.152 e. The van der Waals surface area contributed by atoms with Gasteiger partial charge in [-0.25, -0.2) is 9.37 Å². The number of imidazole rings is 1. The Hall–Kier alpha value is -1.86. The lowest BCUT2D eigenvalue weighted by Crippen LogP contribution is -1.98. The van der Waals surface area contributed by atoms with E-state index in [1.807, 2.05) is 6.07 Å². The number of nitriles is 1. The van der Waals surface area contributed by atoms with Crippen molar-refractivity contribution in [2.75, 3.05) is 0 Å². The molecule has 0 radical (unpaired) electrons. The second-order valence-corrected chi connectivity index (χ2v) is 3.94. The fourth-order valence-electron chi connectivity index (χ4n) is 1.65. The summed E-state index contributed by atoms with van der Waals surface area (Å²) in [5.41, 5.74) is 1.27. The predicted octanol–water partition coefficient (Wildman–Crippen LogP) is 2.95. The standard InChI is InChI=1S/C12H9ClFN3/c1-17-10(5-6-15)11(13)16-12(17)8-3-2-4-9(14)7-8/h2-4,7H,5H2,1H3. The Kier molecular flexibility index (Phi) is 3.12. The normalized spacial score (nSPS) is 10.2. The zero-order chi connectivity index (χ0) is 12.4. The molecule has 0 N–H and O–H groups in total. The van der Waals surface area contributed by atoms with Crippen LogP contribution < -0.4 is 0 Å². The Bertz CT molecular complexity index is 598. The fraction of sp³-hybridized carbons (Fsp3) is 0.167. The van der Waals surface area contributed by atoms with Crippen molar-refractivity contribution in [3.8, 4) is 17.5 Å². The molecule has 0 unspecified atom stereocenters. The highest BCUT2D eigenvalue weighted by Gasteiger charge is 2.14. The maximum atomic E-state index is 13.1. The molecule has 0 spiro atoms. The van der Waals surface area contributed by atoms with E-state index >= 15 is 0 Å². The van der Waals surface area contributed by atoms with E-state index in [-0.39, 0.29) is 17.4 Å². The third-order valence-corrected chi connectivity index (χ3v) is 2.80. The molecule has 0 aliphatic rings. The summed E-state index contributed by atoms with van der Waals surface area (Å²) in [4.78, 5) is 4.15. The highest BCUT2D eigenvalue weighted by Crippen LogP contribution is 2.25. The molecule has 0 fully saturated rings. The molecule has 2 aromatic rings. The third-order valence-electron chi connectivity index (χ3n) is 2.49. The summed E-state index contributed by atoms with van der Waals surface area (Å²) in [6.45, 7) is 0. The van der Waals surface area contributed by atoms with Gasteiger partial charge < -0.3 is 4.57 Å². The van der Waals surface area contributed by atoms with Crippen molar-refractivity contribution in [2.24, 2.45) is 7.05 Å². The van der Waals surface area contributed by atoms with Crippen LogP contribution in [-0.4, -0.2) is 9.55 Å². The Labute approximate surface area is 103 Å². The van der Waals surface area contributed by atoms with Crippen LogP contribution in [0.5, 0.6) is 0 Å². The van der Waals surface area contributed by atoms with Crippen LogP contribution in [0.3, 0.4) is 0 Å². The zero-order valence-electron chi connectivity index (χ0n) is 9.11. The van der Waals surface area contributed by atoms with Gasteiger partial charge in [0.15, 0.2) is 5.15 Å². The van der Waals surface area contributed by atoms with Gasteiger partial charge in [-0.3, -0.25) is 0 Å². The Balaban J connectivity index is 2.54. The van der Waals surface area contributed by atoms with Gasteiger partial charge in [0.2, 0.25) is 0 Å². The van der Waals surface area contributed by atoms with E-state index < -0.39 is 0 Å². The minimum Gasteiger partial charge on any atom is -0.329 e. The maximum Gasteiger partial charge on any atom is 0.152 e. The molecule has 5 heteroatoms.